The molecule has 2 heterocycles. The van der Waals surface area contributed by atoms with E-state index >= 15 is 0 Å². The number of nitrogens with two attached hydrogens (primary N) is 1. The Morgan fingerprint density at radius 2 is 2.39 bits per heavy atom. The van der Waals surface area contributed by atoms with Crippen molar-refractivity contribution in [2.75, 3.05) is 5.73 Å². The summed E-state index contributed by atoms with van der Waals surface area (Å²) in [6, 6.07) is 3.26. The fraction of sp³-hybridized carbons (Fsp3) is 0.182. The number of nitrogens with zero attached hydrogens (tertiary/aromatic N) is 3. The Morgan fingerprint density at radius 1 is 1.61 bits per heavy atom. The van der Waals surface area contributed by atoms with Gasteiger partial charge in [0.1, 0.15) is 5.15 Å². The molecule has 0 aliphatic heterocycles. The number of aryl methyl sites for hydroxylation is 1. The summed E-state index contributed by atoms with van der Waals surface area (Å²) in [6.45, 7) is 0.332. The number of pyridine rings is 1. The molecule has 0 radical (unpaired) electrons. The molecule has 0 saturated carbocycles. The van der Waals surface area contributed by atoms with E-state index in [9.17, 15) is 4.79 Å². The van der Waals surface area contributed by atoms with E-state index in [-0.39, 0.29) is 16.7 Å². The third kappa shape index (κ3) is 2.78. The zero-order valence-electron chi connectivity index (χ0n) is 9.72. The van der Waals surface area contributed by atoms with Crippen LogP contribution in [0.2, 0.25) is 5.15 Å². The largest absolute Gasteiger partial charge is 0.397 e. The molecule has 18 heavy (non-hydrogen) atoms. The van der Waals surface area contributed by atoms with Gasteiger partial charge in [0.15, 0.2) is 0 Å². The molecule has 0 saturated heterocycles. The van der Waals surface area contributed by atoms with Crippen molar-refractivity contribution in [3.05, 3.63) is 40.9 Å². The molecule has 2 rings (SSSR count). The number of anilines is 1. The number of rotatable bonds is 3. The first-order valence-electron chi connectivity index (χ1n) is 5.24. The number of hydrogen-bond acceptors (Lipinski definition) is 4. The summed E-state index contributed by atoms with van der Waals surface area (Å²) in [5.74, 6) is -0.303. The third-order valence-electron chi connectivity index (χ3n) is 2.34. The van der Waals surface area contributed by atoms with Crippen molar-refractivity contribution >= 4 is 23.2 Å². The monoisotopic (exact) mass is 265 g/mol. The first-order chi connectivity index (χ1) is 8.56. The zero-order chi connectivity index (χ0) is 13.1. The van der Waals surface area contributed by atoms with E-state index in [1.165, 1.54) is 12.3 Å². The van der Waals surface area contributed by atoms with Gasteiger partial charge in [-0.3, -0.25) is 9.48 Å². The van der Waals surface area contributed by atoms with Crippen LogP contribution in [-0.4, -0.2) is 20.7 Å². The average molecular weight is 266 g/mol. The fourth-order valence-corrected chi connectivity index (χ4v) is 1.62. The molecule has 0 aliphatic carbocycles. The number of carbonyl (C=O) groups excluding carboxylic acids is 1. The van der Waals surface area contributed by atoms with Gasteiger partial charge < -0.3 is 11.1 Å². The quantitative estimate of drug-likeness (QED) is 0.810. The van der Waals surface area contributed by atoms with Crippen molar-refractivity contribution in [3.8, 4) is 0 Å². The molecule has 0 aromatic carbocycles. The lowest BCUT2D eigenvalue weighted by molar-refractivity contribution is 0.0951. The van der Waals surface area contributed by atoms with E-state index in [0.29, 0.717) is 12.1 Å². The van der Waals surface area contributed by atoms with Crippen LogP contribution in [0, 0.1) is 0 Å². The molecule has 0 unspecified atom stereocenters. The van der Waals surface area contributed by atoms with E-state index < -0.39 is 0 Å². The van der Waals surface area contributed by atoms with Crippen molar-refractivity contribution in [3.63, 3.8) is 0 Å². The Morgan fingerprint density at radius 3 is 3.06 bits per heavy atom. The van der Waals surface area contributed by atoms with E-state index in [1.807, 2.05) is 13.1 Å². The summed E-state index contributed by atoms with van der Waals surface area (Å²) < 4.78 is 1.67. The fourth-order valence-electron chi connectivity index (χ4n) is 1.46. The maximum atomic E-state index is 11.9. The van der Waals surface area contributed by atoms with Crippen LogP contribution in [0.25, 0.3) is 0 Å². The van der Waals surface area contributed by atoms with Crippen molar-refractivity contribution in [1.29, 1.82) is 0 Å². The van der Waals surface area contributed by atoms with Gasteiger partial charge in [0.25, 0.3) is 5.91 Å². The molecule has 0 bridgehead atoms. The zero-order valence-corrected chi connectivity index (χ0v) is 10.5. The summed E-state index contributed by atoms with van der Waals surface area (Å²) in [6.07, 6.45) is 3.16. The van der Waals surface area contributed by atoms with Crippen LogP contribution in [-0.2, 0) is 13.6 Å². The van der Waals surface area contributed by atoms with Gasteiger partial charge in [-0.15, -0.1) is 0 Å². The SMILES string of the molecule is Cn1ccc(CNC(=O)c2cc(Cl)ncc2N)n1. The van der Waals surface area contributed by atoms with Crippen LogP contribution in [0.1, 0.15) is 16.1 Å². The standard InChI is InChI=1S/C11H12ClN5O/c1-17-3-2-7(16-17)5-15-11(18)8-4-10(12)14-6-9(8)13/h2-4,6H,5,13H2,1H3,(H,15,18). The van der Waals surface area contributed by atoms with Crippen molar-refractivity contribution in [2.24, 2.45) is 7.05 Å². The number of halogens is 1. The smallest absolute Gasteiger partial charge is 0.253 e. The van der Waals surface area contributed by atoms with Crippen LogP contribution in [0.3, 0.4) is 0 Å². The minimum Gasteiger partial charge on any atom is -0.397 e. The van der Waals surface area contributed by atoms with Crippen LogP contribution in [0.15, 0.2) is 24.5 Å². The third-order valence-corrected chi connectivity index (χ3v) is 2.55. The van der Waals surface area contributed by atoms with Crippen LogP contribution in [0.5, 0.6) is 0 Å². The second kappa shape index (κ2) is 5.05. The number of hydrogen-bond donors (Lipinski definition) is 2. The summed E-state index contributed by atoms with van der Waals surface area (Å²) in [4.78, 5) is 15.7. The Balaban J connectivity index is 2.05. The van der Waals surface area contributed by atoms with Gasteiger partial charge in [-0.05, 0) is 12.1 Å². The summed E-state index contributed by atoms with van der Waals surface area (Å²) in [5, 5.41) is 7.09. The minimum absolute atomic E-state index is 0.229. The second-order valence-corrected chi connectivity index (χ2v) is 4.14. The van der Waals surface area contributed by atoms with E-state index in [1.54, 1.807) is 10.9 Å². The molecular formula is C11H12ClN5O. The van der Waals surface area contributed by atoms with E-state index in [0.717, 1.165) is 5.69 Å². The minimum atomic E-state index is -0.303. The predicted molar refractivity (Wildman–Crippen MR) is 68.0 cm³/mol. The Labute approximate surface area is 109 Å². The summed E-state index contributed by atoms with van der Waals surface area (Å²) in [5.41, 5.74) is 7.03. The van der Waals surface area contributed by atoms with E-state index in [2.05, 4.69) is 15.4 Å². The lowest BCUT2D eigenvalue weighted by atomic mass is 10.2. The van der Waals surface area contributed by atoms with Crippen molar-refractivity contribution in [2.45, 2.75) is 6.54 Å². The highest BCUT2D eigenvalue weighted by molar-refractivity contribution is 6.29. The molecule has 1 amide bonds. The van der Waals surface area contributed by atoms with E-state index in [4.69, 9.17) is 17.3 Å². The second-order valence-electron chi connectivity index (χ2n) is 3.76. The molecule has 2 aromatic rings. The number of nitrogen functional groups attached to an aromatic ring is 1. The molecule has 7 heteroatoms. The molecule has 6 nitrogen and oxygen atoms in total. The van der Waals surface area contributed by atoms with Gasteiger partial charge in [0.05, 0.1) is 29.7 Å². The molecule has 0 fully saturated rings. The maximum Gasteiger partial charge on any atom is 0.253 e. The number of carbonyl (C=O) groups is 1. The average Bonchev–Trinajstić information content (AvgIpc) is 2.75. The first-order valence-corrected chi connectivity index (χ1v) is 5.62. The molecular weight excluding hydrogens is 254 g/mol. The topological polar surface area (TPSA) is 85.8 Å². The highest BCUT2D eigenvalue weighted by Crippen LogP contribution is 2.14. The molecule has 3 N–H and O–H groups in total. The van der Waals surface area contributed by atoms with Crippen LogP contribution < -0.4 is 11.1 Å². The van der Waals surface area contributed by atoms with Crippen LogP contribution >= 0.6 is 11.6 Å². The van der Waals surface area contributed by atoms with Gasteiger partial charge in [0.2, 0.25) is 0 Å². The van der Waals surface area contributed by atoms with Gasteiger partial charge in [-0.25, -0.2) is 4.98 Å². The van der Waals surface area contributed by atoms with Crippen LogP contribution in [0.4, 0.5) is 5.69 Å². The van der Waals surface area contributed by atoms with Gasteiger partial charge in [-0.1, -0.05) is 11.6 Å². The Hall–Kier alpha value is -2.08. The molecule has 0 aliphatic rings. The Kier molecular flexibility index (Phi) is 3.47. The predicted octanol–water partition coefficient (Wildman–Crippen LogP) is 0.981. The van der Waals surface area contributed by atoms with Gasteiger partial charge in [0, 0.05) is 13.2 Å². The van der Waals surface area contributed by atoms with Gasteiger partial charge in [-0.2, -0.15) is 5.10 Å². The first kappa shape index (κ1) is 12.4. The van der Waals surface area contributed by atoms with Gasteiger partial charge >= 0.3 is 0 Å². The lowest BCUT2D eigenvalue weighted by Crippen LogP contribution is -2.24. The summed E-state index contributed by atoms with van der Waals surface area (Å²) >= 11 is 5.72. The lowest BCUT2D eigenvalue weighted by Gasteiger charge is -2.06. The molecule has 2 aromatic heterocycles. The van der Waals surface area contributed by atoms with Crippen molar-refractivity contribution < 1.29 is 4.79 Å². The summed E-state index contributed by atoms with van der Waals surface area (Å²) in [7, 11) is 1.81. The highest BCUT2D eigenvalue weighted by Gasteiger charge is 2.11. The maximum absolute atomic E-state index is 11.9. The molecule has 0 atom stereocenters. The van der Waals surface area contributed by atoms with Crippen molar-refractivity contribution in [1.82, 2.24) is 20.1 Å². The Bertz CT molecular complexity index is 581. The number of nitrogens with one attached hydrogen (secondary N) is 1. The number of amides is 1. The molecule has 94 valence electrons. The number of aromatic nitrogens is 3. The normalized spacial score (nSPS) is 10.3. The molecule has 0 spiro atoms. The highest BCUT2D eigenvalue weighted by atomic mass is 35.5.